The Morgan fingerprint density at radius 2 is 1.71 bits per heavy atom. The summed E-state index contributed by atoms with van der Waals surface area (Å²) < 4.78 is 0. The van der Waals surface area contributed by atoms with Crippen LogP contribution in [0.15, 0.2) is 66.7 Å². The van der Waals surface area contributed by atoms with E-state index in [2.05, 4.69) is 42.6 Å². The molecule has 2 atom stereocenters. The van der Waals surface area contributed by atoms with Gasteiger partial charge in [0.25, 0.3) is 0 Å². The van der Waals surface area contributed by atoms with E-state index in [0.717, 1.165) is 28.6 Å². The number of nitrogens with zero attached hydrogens (tertiary/aromatic N) is 1. The van der Waals surface area contributed by atoms with Gasteiger partial charge in [-0.15, -0.1) is 0 Å². The van der Waals surface area contributed by atoms with Crippen molar-refractivity contribution in [2.24, 2.45) is 0 Å². The number of amides is 1. The molecular formula is C21H22N2O. The summed E-state index contributed by atoms with van der Waals surface area (Å²) >= 11 is 0. The van der Waals surface area contributed by atoms with E-state index < -0.39 is 0 Å². The third-order valence-corrected chi connectivity index (χ3v) is 4.36. The quantitative estimate of drug-likeness (QED) is 0.746. The molecule has 0 saturated heterocycles. The van der Waals surface area contributed by atoms with E-state index >= 15 is 0 Å². The zero-order valence-corrected chi connectivity index (χ0v) is 14.1. The molecule has 3 nitrogen and oxygen atoms in total. The zero-order chi connectivity index (χ0) is 16.9. The second-order valence-electron chi connectivity index (χ2n) is 6.03. The molecule has 0 bridgehead atoms. The summed E-state index contributed by atoms with van der Waals surface area (Å²) in [5.41, 5.74) is 3.11. The summed E-state index contributed by atoms with van der Waals surface area (Å²) in [4.78, 5) is 16.6. The molecule has 24 heavy (non-hydrogen) atoms. The van der Waals surface area contributed by atoms with Crippen molar-refractivity contribution < 1.29 is 4.79 Å². The van der Waals surface area contributed by atoms with Crippen molar-refractivity contribution in [1.82, 2.24) is 10.3 Å². The second-order valence-corrected chi connectivity index (χ2v) is 6.03. The van der Waals surface area contributed by atoms with Crippen molar-refractivity contribution in [2.75, 3.05) is 0 Å². The van der Waals surface area contributed by atoms with Crippen LogP contribution in [0.2, 0.25) is 0 Å². The molecule has 0 unspecified atom stereocenters. The van der Waals surface area contributed by atoms with Gasteiger partial charge in [-0.05, 0) is 24.1 Å². The van der Waals surface area contributed by atoms with Crippen LogP contribution in [0.4, 0.5) is 0 Å². The maximum absolute atomic E-state index is 11.8. The van der Waals surface area contributed by atoms with E-state index in [0.29, 0.717) is 0 Å². The lowest BCUT2D eigenvalue weighted by atomic mass is 9.87. The molecule has 0 spiro atoms. The number of carbonyl (C=O) groups is 1. The molecule has 122 valence electrons. The molecule has 0 fully saturated rings. The van der Waals surface area contributed by atoms with Gasteiger partial charge in [-0.25, -0.2) is 0 Å². The predicted molar refractivity (Wildman–Crippen MR) is 97.8 cm³/mol. The van der Waals surface area contributed by atoms with Crippen LogP contribution < -0.4 is 5.32 Å². The normalized spacial score (nSPS) is 13.4. The summed E-state index contributed by atoms with van der Waals surface area (Å²) in [7, 11) is 0. The van der Waals surface area contributed by atoms with Gasteiger partial charge in [0, 0.05) is 23.9 Å². The van der Waals surface area contributed by atoms with Gasteiger partial charge in [-0.1, -0.05) is 61.5 Å². The molecule has 0 saturated carbocycles. The highest BCUT2D eigenvalue weighted by Crippen LogP contribution is 2.33. The molecule has 2 aromatic carbocycles. The maximum atomic E-state index is 11.8. The lowest BCUT2D eigenvalue weighted by Crippen LogP contribution is -2.31. The first-order valence-corrected chi connectivity index (χ1v) is 8.36. The van der Waals surface area contributed by atoms with Gasteiger partial charge in [0.15, 0.2) is 0 Å². The van der Waals surface area contributed by atoms with Crippen LogP contribution in [0.5, 0.6) is 0 Å². The smallest absolute Gasteiger partial charge is 0.217 e. The van der Waals surface area contributed by atoms with Gasteiger partial charge in [-0.2, -0.15) is 0 Å². The van der Waals surface area contributed by atoms with E-state index in [1.165, 1.54) is 0 Å². The largest absolute Gasteiger partial charge is 0.349 e. The Kier molecular flexibility index (Phi) is 4.90. The fraction of sp³-hybridized carbons (Fsp3) is 0.238. The number of hydrogen-bond donors (Lipinski definition) is 1. The summed E-state index contributed by atoms with van der Waals surface area (Å²) in [6, 6.07) is 22.3. The third kappa shape index (κ3) is 3.46. The highest BCUT2D eigenvalue weighted by atomic mass is 16.1. The average molecular weight is 318 g/mol. The van der Waals surface area contributed by atoms with E-state index in [-0.39, 0.29) is 17.9 Å². The standard InChI is InChI=1S/C21H22N2O/c1-3-18(20-14-13-16-9-7-8-12-19(16)23-20)21(22-15(2)24)17-10-5-4-6-11-17/h4-14,18,21H,3H2,1-2H3,(H,22,24)/t18-,21+/m1/s1. The van der Waals surface area contributed by atoms with Gasteiger partial charge in [0.2, 0.25) is 5.91 Å². The topological polar surface area (TPSA) is 42.0 Å². The van der Waals surface area contributed by atoms with E-state index in [9.17, 15) is 4.79 Å². The van der Waals surface area contributed by atoms with E-state index in [1.807, 2.05) is 36.4 Å². The van der Waals surface area contributed by atoms with Crippen molar-refractivity contribution in [3.8, 4) is 0 Å². The average Bonchev–Trinajstić information content (AvgIpc) is 2.62. The van der Waals surface area contributed by atoms with Gasteiger partial charge < -0.3 is 5.32 Å². The van der Waals surface area contributed by atoms with E-state index in [1.54, 1.807) is 6.92 Å². The van der Waals surface area contributed by atoms with Gasteiger partial charge in [0.1, 0.15) is 0 Å². The molecule has 1 aromatic heterocycles. The number of pyridine rings is 1. The molecular weight excluding hydrogens is 296 g/mol. The van der Waals surface area contributed by atoms with Crippen LogP contribution in [0.3, 0.4) is 0 Å². The Hall–Kier alpha value is -2.68. The van der Waals surface area contributed by atoms with Crippen molar-refractivity contribution in [2.45, 2.75) is 32.2 Å². The number of carbonyl (C=O) groups excluding carboxylic acids is 1. The molecule has 0 aliphatic carbocycles. The highest BCUT2D eigenvalue weighted by Gasteiger charge is 2.25. The Morgan fingerprint density at radius 3 is 2.42 bits per heavy atom. The molecule has 0 aliphatic heterocycles. The SMILES string of the molecule is CC[C@H](c1ccc2ccccc2n1)[C@@H](NC(C)=O)c1ccccc1. The van der Waals surface area contributed by atoms with Crippen LogP contribution in [0.1, 0.15) is 43.5 Å². The molecule has 3 rings (SSSR count). The van der Waals surface area contributed by atoms with Crippen molar-refractivity contribution in [1.29, 1.82) is 0 Å². The van der Waals surface area contributed by atoms with Gasteiger partial charge in [0.05, 0.1) is 11.6 Å². The molecule has 1 N–H and O–H groups in total. The lowest BCUT2D eigenvalue weighted by Gasteiger charge is -2.27. The molecule has 1 heterocycles. The molecule has 0 radical (unpaired) electrons. The summed E-state index contributed by atoms with van der Waals surface area (Å²) in [5, 5.41) is 4.25. The minimum atomic E-state index is -0.0811. The van der Waals surface area contributed by atoms with Crippen LogP contribution >= 0.6 is 0 Å². The van der Waals surface area contributed by atoms with Crippen molar-refractivity contribution in [3.05, 3.63) is 78.0 Å². The second kappa shape index (κ2) is 7.26. The third-order valence-electron chi connectivity index (χ3n) is 4.36. The number of fused-ring (bicyclic) bond motifs is 1. The Labute approximate surface area is 142 Å². The zero-order valence-electron chi connectivity index (χ0n) is 14.1. The maximum Gasteiger partial charge on any atom is 0.217 e. The van der Waals surface area contributed by atoms with Crippen LogP contribution in [0.25, 0.3) is 10.9 Å². The first kappa shape index (κ1) is 16.2. The van der Waals surface area contributed by atoms with Crippen molar-refractivity contribution >= 4 is 16.8 Å². The molecule has 3 heteroatoms. The first-order valence-electron chi connectivity index (χ1n) is 8.36. The van der Waals surface area contributed by atoms with Crippen molar-refractivity contribution in [3.63, 3.8) is 0 Å². The highest BCUT2D eigenvalue weighted by molar-refractivity contribution is 5.78. The first-order chi connectivity index (χ1) is 11.7. The minimum absolute atomic E-state index is 0.0249. The molecule has 0 aliphatic rings. The monoisotopic (exact) mass is 318 g/mol. The number of para-hydroxylation sites is 1. The number of rotatable bonds is 5. The molecule has 1 amide bonds. The van der Waals surface area contributed by atoms with E-state index in [4.69, 9.17) is 4.98 Å². The number of nitrogens with one attached hydrogen (secondary N) is 1. The number of hydrogen-bond acceptors (Lipinski definition) is 2. The lowest BCUT2D eigenvalue weighted by molar-refractivity contribution is -0.119. The number of aromatic nitrogens is 1. The Balaban J connectivity index is 2.03. The Bertz CT molecular complexity index is 829. The minimum Gasteiger partial charge on any atom is -0.349 e. The summed E-state index contributed by atoms with van der Waals surface area (Å²) in [6.07, 6.45) is 0.894. The summed E-state index contributed by atoms with van der Waals surface area (Å²) in [6.45, 7) is 3.70. The molecule has 3 aromatic rings. The fourth-order valence-corrected chi connectivity index (χ4v) is 3.20. The number of benzene rings is 2. The summed E-state index contributed by atoms with van der Waals surface area (Å²) in [5.74, 6) is 0.101. The Morgan fingerprint density at radius 1 is 1.00 bits per heavy atom. The van der Waals surface area contributed by atoms with Gasteiger partial charge >= 0.3 is 0 Å². The van der Waals surface area contributed by atoms with Crippen LogP contribution in [0, 0.1) is 0 Å². The van der Waals surface area contributed by atoms with Crippen LogP contribution in [-0.4, -0.2) is 10.9 Å². The fourth-order valence-electron chi connectivity index (χ4n) is 3.20. The van der Waals surface area contributed by atoms with Gasteiger partial charge in [-0.3, -0.25) is 9.78 Å². The predicted octanol–water partition coefficient (Wildman–Crippen LogP) is 4.61. The van der Waals surface area contributed by atoms with Crippen LogP contribution in [-0.2, 0) is 4.79 Å².